The van der Waals surface area contributed by atoms with E-state index in [1.807, 2.05) is 16.7 Å². The number of nitrogens with one attached hydrogen (secondary N) is 4. The maximum Gasteiger partial charge on any atom is 0.320 e. The summed E-state index contributed by atoms with van der Waals surface area (Å²) in [4.78, 5) is 33.2. The van der Waals surface area contributed by atoms with Crippen molar-refractivity contribution in [1.29, 1.82) is 0 Å². The Morgan fingerprint density at radius 1 is 0.977 bits per heavy atom. The molecule has 5 heterocycles. The molecule has 0 spiro atoms. The zero-order chi connectivity index (χ0) is 31.3. The fourth-order valence-corrected chi connectivity index (χ4v) is 9.85. The van der Waals surface area contributed by atoms with E-state index in [0.29, 0.717) is 31.3 Å². The predicted octanol–water partition coefficient (Wildman–Crippen LogP) is 2.98. The van der Waals surface area contributed by atoms with Crippen LogP contribution in [0.15, 0.2) is 12.7 Å². The molecule has 6 rings (SSSR count). The Balaban J connectivity index is 1.38. The van der Waals surface area contributed by atoms with E-state index in [0.717, 1.165) is 45.2 Å². The Bertz CT molecular complexity index is 1070. The Labute approximate surface area is 262 Å². The highest BCUT2D eigenvalue weighted by Gasteiger charge is 2.57. The molecule has 3 amide bonds. The number of rotatable bonds is 3. The van der Waals surface area contributed by atoms with E-state index in [4.69, 9.17) is 0 Å². The molecule has 0 radical (unpaired) electrons. The van der Waals surface area contributed by atoms with Crippen molar-refractivity contribution in [2.45, 2.75) is 134 Å². The van der Waals surface area contributed by atoms with Crippen molar-refractivity contribution < 1.29 is 18.4 Å². The van der Waals surface area contributed by atoms with Gasteiger partial charge >= 0.3 is 6.03 Å². The summed E-state index contributed by atoms with van der Waals surface area (Å²) in [6, 6.07) is -0.919. The van der Waals surface area contributed by atoms with Crippen LogP contribution in [0.3, 0.4) is 0 Å². The number of piperidine rings is 2. The first kappa shape index (κ1) is 32.1. The Morgan fingerprint density at radius 2 is 1.77 bits per heavy atom. The van der Waals surface area contributed by atoms with Crippen molar-refractivity contribution in [2.75, 3.05) is 26.2 Å². The van der Waals surface area contributed by atoms with Crippen molar-refractivity contribution >= 4 is 11.9 Å². The van der Waals surface area contributed by atoms with E-state index < -0.39 is 36.6 Å². The average molecular weight is 620 g/mol. The highest BCUT2D eigenvalue weighted by Crippen LogP contribution is 2.43. The van der Waals surface area contributed by atoms with Gasteiger partial charge in [0.25, 0.3) is 0 Å². The standard InChI is InChI=1S/C33H55F2N7O2/c1-6-26(43)40-16-20(5)41(17-19(40)4)31-22-15-24(35)29-27-23(34)10-7-11-25(27)36-13-8-9-21-12-14-37-28(18(2)3)30(21)42(32(22)38-29)33(44)39-31/h6,18-25,27-32,36-38H,1,7-17H2,2-5H3,(H,39,44)/t19-,20+,21?,22?,23?,24?,25?,27?,28?,29?,30?,31?,32?/m1/s1. The lowest BCUT2D eigenvalue weighted by molar-refractivity contribution is -0.136. The van der Waals surface area contributed by atoms with Gasteiger partial charge in [0, 0.05) is 55.1 Å². The summed E-state index contributed by atoms with van der Waals surface area (Å²) in [5.74, 6) is -0.181. The van der Waals surface area contributed by atoms with Crippen LogP contribution >= 0.6 is 0 Å². The molecule has 5 saturated heterocycles. The van der Waals surface area contributed by atoms with E-state index in [2.05, 4.69) is 53.5 Å². The van der Waals surface area contributed by atoms with Crippen LogP contribution in [0.1, 0.15) is 72.6 Å². The number of fused-ring (bicyclic) bond motifs is 5. The predicted molar refractivity (Wildman–Crippen MR) is 167 cm³/mol. The van der Waals surface area contributed by atoms with Crippen LogP contribution in [-0.2, 0) is 4.79 Å². The van der Waals surface area contributed by atoms with Gasteiger partial charge in [-0.05, 0) is 89.8 Å². The zero-order valence-electron chi connectivity index (χ0n) is 27.1. The van der Waals surface area contributed by atoms with Gasteiger partial charge in [0.1, 0.15) is 12.3 Å². The molecule has 13 atom stereocenters. The minimum atomic E-state index is -1.23. The number of piperazine rings is 1. The number of alkyl halides is 2. The van der Waals surface area contributed by atoms with Gasteiger partial charge in [0.15, 0.2) is 0 Å². The molecule has 44 heavy (non-hydrogen) atoms. The zero-order valence-corrected chi connectivity index (χ0v) is 27.1. The van der Waals surface area contributed by atoms with Crippen molar-refractivity contribution in [2.24, 2.45) is 23.7 Å². The van der Waals surface area contributed by atoms with Crippen LogP contribution in [-0.4, -0.2) is 114 Å². The summed E-state index contributed by atoms with van der Waals surface area (Å²) >= 11 is 0. The topological polar surface area (TPSA) is 92.0 Å². The van der Waals surface area contributed by atoms with Gasteiger partial charge in [-0.2, -0.15) is 0 Å². The van der Waals surface area contributed by atoms with Gasteiger partial charge in [-0.3, -0.25) is 15.0 Å². The molecular formula is C33H55F2N7O2. The van der Waals surface area contributed by atoms with Crippen LogP contribution in [0, 0.1) is 23.7 Å². The fourth-order valence-electron chi connectivity index (χ4n) is 9.85. The first-order valence-corrected chi connectivity index (χ1v) is 17.4. The third kappa shape index (κ3) is 5.79. The van der Waals surface area contributed by atoms with Crippen molar-refractivity contribution in [3.63, 3.8) is 0 Å². The van der Waals surface area contributed by atoms with Gasteiger partial charge in [-0.1, -0.05) is 20.4 Å². The number of carbonyl (C=O) groups excluding carboxylic acids is 2. The molecule has 5 aliphatic heterocycles. The molecule has 4 N–H and O–H groups in total. The Kier molecular flexibility index (Phi) is 9.58. The lowest BCUT2D eigenvalue weighted by atomic mass is 9.71. The number of urea groups is 1. The molecule has 11 heteroatoms. The Morgan fingerprint density at radius 3 is 2.52 bits per heavy atom. The summed E-state index contributed by atoms with van der Waals surface area (Å²) < 4.78 is 32.4. The lowest BCUT2D eigenvalue weighted by Gasteiger charge is -2.60. The summed E-state index contributed by atoms with van der Waals surface area (Å²) in [5.41, 5.74) is 0. The lowest BCUT2D eigenvalue weighted by Crippen LogP contribution is -2.80. The van der Waals surface area contributed by atoms with Gasteiger partial charge < -0.3 is 25.8 Å². The minimum Gasteiger partial charge on any atom is -0.334 e. The molecule has 1 saturated carbocycles. The molecular weight excluding hydrogens is 564 g/mol. The quantitative estimate of drug-likeness (QED) is 0.364. The molecule has 1 aliphatic carbocycles. The monoisotopic (exact) mass is 619 g/mol. The fraction of sp³-hybridized carbons (Fsp3) is 0.879. The minimum absolute atomic E-state index is 0.0383. The van der Waals surface area contributed by atoms with Gasteiger partial charge in [-0.15, -0.1) is 0 Å². The van der Waals surface area contributed by atoms with Crippen LogP contribution < -0.4 is 21.3 Å². The van der Waals surface area contributed by atoms with Gasteiger partial charge in [0.05, 0.1) is 18.4 Å². The molecule has 2 bridgehead atoms. The first-order chi connectivity index (χ1) is 21.1. The summed E-state index contributed by atoms with van der Waals surface area (Å²) in [7, 11) is 0. The number of hydrogen-bond acceptors (Lipinski definition) is 6. The number of hydrogen-bond donors (Lipinski definition) is 4. The second-order valence-corrected chi connectivity index (χ2v) is 14.9. The normalized spacial score (nSPS) is 45.3. The van der Waals surface area contributed by atoms with Gasteiger partial charge in [0.2, 0.25) is 5.91 Å². The summed E-state index contributed by atoms with van der Waals surface area (Å²) in [6.45, 7) is 15.0. The molecule has 9 nitrogen and oxygen atoms in total. The van der Waals surface area contributed by atoms with Crippen LogP contribution in [0.5, 0.6) is 0 Å². The third-order valence-corrected chi connectivity index (χ3v) is 12.0. The Hall–Kier alpha value is -1.82. The number of amides is 3. The van der Waals surface area contributed by atoms with E-state index in [9.17, 15) is 9.59 Å². The molecule has 6 aliphatic rings. The second-order valence-electron chi connectivity index (χ2n) is 14.9. The molecule has 248 valence electrons. The second kappa shape index (κ2) is 13.1. The highest BCUT2D eigenvalue weighted by molar-refractivity contribution is 5.87. The van der Waals surface area contributed by atoms with Crippen LogP contribution in [0.4, 0.5) is 13.6 Å². The van der Waals surface area contributed by atoms with E-state index in [1.54, 1.807) is 0 Å². The van der Waals surface area contributed by atoms with E-state index in [1.165, 1.54) is 6.08 Å². The van der Waals surface area contributed by atoms with Crippen molar-refractivity contribution in [1.82, 2.24) is 36.0 Å². The van der Waals surface area contributed by atoms with Crippen LogP contribution in [0.25, 0.3) is 0 Å². The summed E-state index contributed by atoms with van der Waals surface area (Å²) in [5, 5.41) is 14.5. The first-order valence-electron chi connectivity index (χ1n) is 17.4. The maximum atomic E-state index is 16.6. The molecule has 0 aromatic carbocycles. The van der Waals surface area contributed by atoms with E-state index >= 15 is 8.78 Å². The number of halogens is 2. The highest BCUT2D eigenvalue weighted by atomic mass is 19.1. The average Bonchev–Trinajstić information content (AvgIpc) is 2.99. The summed E-state index contributed by atoms with van der Waals surface area (Å²) in [6.07, 6.45) is 3.55. The molecule has 0 aromatic heterocycles. The van der Waals surface area contributed by atoms with Crippen molar-refractivity contribution in [3.8, 4) is 0 Å². The van der Waals surface area contributed by atoms with Crippen LogP contribution in [0.2, 0.25) is 0 Å². The molecule has 6 fully saturated rings. The third-order valence-electron chi connectivity index (χ3n) is 12.0. The maximum absolute atomic E-state index is 16.6. The number of carbonyl (C=O) groups is 2. The number of nitrogens with zero attached hydrogens (tertiary/aromatic N) is 3. The smallest absolute Gasteiger partial charge is 0.320 e. The van der Waals surface area contributed by atoms with Gasteiger partial charge in [-0.25, -0.2) is 13.6 Å². The largest absolute Gasteiger partial charge is 0.334 e. The molecule has 11 unspecified atom stereocenters. The van der Waals surface area contributed by atoms with E-state index in [-0.39, 0.29) is 54.5 Å². The van der Waals surface area contributed by atoms with Crippen molar-refractivity contribution in [3.05, 3.63) is 12.7 Å². The SMILES string of the molecule is C=CC(=O)N1C[C@H](C)N(C2NC(=O)N3C4NC(C(F)CC42)C2C(F)CCCC2NCCCC2CCNC(C(C)C)C23)C[C@H]1C. The molecule has 0 aromatic rings.